The Balaban J connectivity index is 1.87. The first kappa shape index (κ1) is 14.0. The highest BCUT2D eigenvalue weighted by molar-refractivity contribution is 9.10. The Hall–Kier alpha value is -1.95. The summed E-state index contributed by atoms with van der Waals surface area (Å²) in [5.74, 6) is -2.20. The number of halogens is 3. The van der Waals surface area contributed by atoms with Gasteiger partial charge in [-0.1, -0.05) is 22.0 Å². The molecule has 0 spiro atoms. The predicted molar refractivity (Wildman–Crippen MR) is 80.6 cm³/mol. The number of fused-ring (bicyclic) bond motifs is 1. The van der Waals surface area contributed by atoms with Crippen LogP contribution in [0.5, 0.6) is 0 Å². The topological polar surface area (TPSA) is 41.1 Å². The van der Waals surface area contributed by atoms with E-state index in [4.69, 9.17) is 0 Å². The first-order valence-corrected chi connectivity index (χ1v) is 7.16. The van der Waals surface area contributed by atoms with Crippen molar-refractivity contribution in [2.45, 2.75) is 6.42 Å². The number of nitrogens with one attached hydrogen (secondary N) is 2. The van der Waals surface area contributed by atoms with E-state index in [0.29, 0.717) is 5.56 Å². The third-order valence-electron chi connectivity index (χ3n) is 3.33. The van der Waals surface area contributed by atoms with Crippen LogP contribution in [0.4, 0.5) is 20.2 Å². The van der Waals surface area contributed by atoms with Crippen LogP contribution in [0.25, 0.3) is 0 Å². The lowest BCUT2D eigenvalue weighted by atomic mass is 10.1. The van der Waals surface area contributed by atoms with E-state index in [2.05, 4.69) is 26.6 Å². The standard InChI is InChI=1S/C15H11BrF2N2O/c16-10-6-11(17)14(12(18)7-10)20-15(21)9-2-1-8-3-4-19-13(8)5-9/h1-2,5-7,19H,3-4H2,(H,20,21). The molecule has 1 aliphatic rings. The van der Waals surface area contributed by atoms with Gasteiger partial charge >= 0.3 is 0 Å². The molecule has 0 unspecified atom stereocenters. The van der Waals surface area contributed by atoms with Crippen molar-refractivity contribution in [2.24, 2.45) is 0 Å². The maximum absolute atomic E-state index is 13.7. The van der Waals surface area contributed by atoms with E-state index in [1.54, 1.807) is 12.1 Å². The summed E-state index contributed by atoms with van der Waals surface area (Å²) in [4.78, 5) is 12.1. The normalized spacial score (nSPS) is 12.7. The van der Waals surface area contributed by atoms with E-state index in [1.807, 2.05) is 6.07 Å². The molecule has 21 heavy (non-hydrogen) atoms. The molecule has 1 amide bonds. The van der Waals surface area contributed by atoms with E-state index in [9.17, 15) is 13.6 Å². The largest absolute Gasteiger partial charge is 0.384 e. The molecule has 0 aromatic heterocycles. The van der Waals surface area contributed by atoms with Gasteiger partial charge in [0.15, 0.2) is 11.6 Å². The monoisotopic (exact) mass is 352 g/mol. The molecule has 0 saturated carbocycles. The molecule has 3 rings (SSSR count). The van der Waals surface area contributed by atoms with Crippen molar-refractivity contribution in [1.29, 1.82) is 0 Å². The Kier molecular flexibility index (Phi) is 3.63. The maximum atomic E-state index is 13.7. The van der Waals surface area contributed by atoms with Gasteiger partial charge in [0.1, 0.15) is 5.69 Å². The molecular weight excluding hydrogens is 342 g/mol. The summed E-state index contributed by atoms with van der Waals surface area (Å²) in [5, 5.41) is 5.43. The van der Waals surface area contributed by atoms with Crippen LogP contribution in [0.3, 0.4) is 0 Å². The number of amides is 1. The van der Waals surface area contributed by atoms with Crippen molar-refractivity contribution in [2.75, 3.05) is 17.2 Å². The quantitative estimate of drug-likeness (QED) is 0.859. The van der Waals surface area contributed by atoms with E-state index in [0.717, 1.165) is 36.3 Å². The second-order valence-electron chi connectivity index (χ2n) is 4.75. The van der Waals surface area contributed by atoms with E-state index < -0.39 is 23.2 Å². The number of rotatable bonds is 2. The minimum atomic E-state index is -0.825. The molecule has 108 valence electrons. The summed E-state index contributed by atoms with van der Waals surface area (Å²) < 4.78 is 27.7. The fraction of sp³-hybridized carbons (Fsp3) is 0.133. The third kappa shape index (κ3) is 2.76. The van der Waals surface area contributed by atoms with Gasteiger partial charge in [-0.3, -0.25) is 4.79 Å². The zero-order chi connectivity index (χ0) is 15.0. The number of hydrogen-bond donors (Lipinski definition) is 2. The molecule has 0 fully saturated rings. The Morgan fingerprint density at radius 1 is 1.19 bits per heavy atom. The molecule has 0 bridgehead atoms. The van der Waals surface area contributed by atoms with E-state index in [-0.39, 0.29) is 4.47 Å². The summed E-state index contributed by atoms with van der Waals surface area (Å²) in [6.45, 7) is 0.830. The van der Waals surface area contributed by atoms with Crippen LogP contribution in [0.15, 0.2) is 34.8 Å². The predicted octanol–water partition coefficient (Wildman–Crippen LogP) is 3.95. The second-order valence-corrected chi connectivity index (χ2v) is 5.66. The number of carbonyl (C=O) groups is 1. The zero-order valence-electron chi connectivity index (χ0n) is 10.8. The minimum Gasteiger partial charge on any atom is -0.384 e. The highest BCUT2D eigenvalue weighted by Gasteiger charge is 2.17. The van der Waals surface area contributed by atoms with Gasteiger partial charge in [-0.05, 0) is 36.2 Å². The van der Waals surface area contributed by atoms with Gasteiger partial charge in [-0.25, -0.2) is 8.78 Å². The molecule has 1 aliphatic heterocycles. The minimum absolute atomic E-state index is 0.275. The van der Waals surface area contributed by atoms with Crippen molar-refractivity contribution < 1.29 is 13.6 Å². The van der Waals surface area contributed by atoms with Crippen LogP contribution in [0, 0.1) is 11.6 Å². The summed E-state index contributed by atoms with van der Waals surface area (Å²) in [6.07, 6.45) is 0.910. The first-order valence-electron chi connectivity index (χ1n) is 6.37. The zero-order valence-corrected chi connectivity index (χ0v) is 12.4. The van der Waals surface area contributed by atoms with Gasteiger partial charge in [0.2, 0.25) is 0 Å². The van der Waals surface area contributed by atoms with Crippen molar-refractivity contribution in [1.82, 2.24) is 0 Å². The molecule has 6 heteroatoms. The van der Waals surface area contributed by atoms with Crippen LogP contribution in [0.1, 0.15) is 15.9 Å². The molecule has 0 saturated heterocycles. The highest BCUT2D eigenvalue weighted by atomic mass is 79.9. The SMILES string of the molecule is O=C(Nc1c(F)cc(Br)cc1F)c1ccc2c(c1)NCC2. The maximum Gasteiger partial charge on any atom is 0.255 e. The Morgan fingerprint density at radius 3 is 2.62 bits per heavy atom. The number of hydrogen-bond acceptors (Lipinski definition) is 2. The molecule has 2 aromatic carbocycles. The Labute approximate surface area is 128 Å². The van der Waals surface area contributed by atoms with Crippen LogP contribution >= 0.6 is 15.9 Å². The van der Waals surface area contributed by atoms with E-state index in [1.165, 1.54) is 0 Å². The van der Waals surface area contributed by atoms with Gasteiger partial charge < -0.3 is 10.6 Å². The molecule has 2 N–H and O–H groups in total. The van der Waals surface area contributed by atoms with E-state index >= 15 is 0 Å². The van der Waals surface area contributed by atoms with Gasteiger partial charge in [-0.2, -0.15) is 0 Å². The van der Waals surface area contributed by atoms with Gasteiger partial charge in [-0.15, -0.1) is 0 Å². The smallest absolute Gasteiger partial charge is 0.255 e. The van der Waals surface area contributed by atoms with Crippen LogP contribution in [0.2, 0.25) is 0 Å². The number of benzene rings is 2. The lowest BCUT2D eigenvalue weighted by Gasteiger charge is -2.09. The van der Waals surface area contributed by atoms with Crippen LogP contribution < -0.4 is 10.6 Å². The summed E-state index contributed by atoms with van der Waals surface area (Å²) in [7, 11) is 0. The fourth-order valence-electron chi connectivity index (χ4n) is 2.28. The van der Waals surface area contributed by atoms with Crippen molar-refractivity contribution >= 4 is 33.2 Å². The first-order chi connectivity index (χ1) is 10.0. The average molecular weight is 353 g/mol. The lowest BCUT2D eigenvalue weighted by Crippen LogP contribution is -2.14. The van der Waals surface area contributed by atoms with Gasteiger partial charge in [0, 0.05) is 22.3 Å². The Morgan fingerprint density at radius 2 is 1.90 bits per heavy atom. The molecule has 0 radical (unpaired) electrons. The summed E-state index contributed by atoms with van der Waals surface area (Å²) >= 11 is 2.99. The average Bonchev–Trinajstić information content (AvgIpc) is 2.89. The van der Waals surface area contributed by atoms with Crippen molar-refractivity contribution in [3.63, 3.8) is 0 Å². The van der Waals surface area contributed by atoms with Crippen molar-refractivity contribution in [3.8, 4) is 0 Å². The molecule has 1 heterocycles. The second kappa shape index (κ2) is 5.44. The molecule has 0 aliphatic carbocycles. The third-order valence-corrected chi connectivity index (χ3v) is 3.79. The highest BCUT2D eigenvalue weighted by Crippen LogP contribution is 2.26. The van der Waals surface area contributed by atoms with Crippen LogP contribution in [-0.2, 0) is 6.42 Å². The summed E-state index contributed by atoms with van der Waals surface area (Å²) in [6, 6.07) is 7.38. The molecule has 2 aromatic rings. The molecule has 0 atom stereocenters. The molecular formula is C15H11BrF2N2O. The Bertz CT molecular complexity index is 711. The molecule has 3 nitrogen and oxygen atoms in total. The lowest BCUT2D eigenvalue weighted by molar-refractivity contribution is 0.102. The number of carbonyl (C=O) groups excluding carboxylic acids is 1. The summed E-state index contributed by atoms with van der Waals surface area (Å²) in [5.41, 5.74) is 1.92. The number of anilines is 2. The fourth-order valence-corrected chi connectivity index (χ4v) is 2.68. The van der Waals surface area contributed by atoms with Gasteiger partial charge in [0.25, 0.3) is 5.91 Å². The van der Waals surface area contributed by atoms with Crippen LogP contribution in [-0.4, -0.2) is 12.5 Å². The van der Waals surface area contributed by atoms with Gasteiger partial charge in [0.05, 0.1) is 0 Å². The van der Waals surface area contributed by atoms with Crippen molar-refractivity contribution in [3.05, 3.63) is 57.6 Å².